The summed E-state index contributed by atoms with van der Waals surface area (Å²) in [5.74, 6) is -0.827. The molecule has 9 heteroatoms. The molecule has 0 bridgehead atoms. The zero-order valence-corrected chi connectivity index (χ0v) is 19.2. The number of nitrogens with two attached hydrogens (primary N) is 2. The lowest BCUT2D eigenvalue weighted by molar-refractivity contribution is 0.0549. The summed E-state index contributed by atoms with van der Waals surface area (Å²) >= 11 is 0. The van der Waals surface area contributed by atoms with E-state index in [-0.39, 0.29) is 12.5 Å². The number of carbonyl (C=O) groups is 2. The van der Waals surface area contributed by atoms with E-state index in [0.717, 1.165) is 0 Å². The average molecular weight is 433 g/mol. The number of hydrogen-bond acceptors (Lipinski definition) is 7. The lowest BCUT2D eigenvalue weighted by atomic mass is 10.2. The molecule has 0 aromatic heterocycles. The maximum absolute atomic E-state index is 12.2. The molecular formula is C20H28N2O5Si2. The van der Waals surface area contributed by atoms with Gasteiger partial charge in [0.25, 0.3) is 0 Å². The molecule has 2 aromatic carbocycles. The standard InChI is InChI=1S/C20H28N2O5Si2/c1-28(2,13-25-19(23)15-5-9-17(21)10-6-15)27-29(3,4)14-26-20(24)16-7-11-18(22)12-8-16/h5-12H,13-14,21-22H2,1-4H3. The van der Waals surface area contributed by atoms with Gasteiger partial charge in [-0.1, -0.05) is 0 Å². The van der Waals surface area contributed by atoms with Crippen molar-refractivity contribution in [2.45, 2.75) is 26.2 Å². The second kappa shape index (κ2) is 9.25. The Balaban J connectivity index is 1.86. The van der Waals surface area contributed by atoms with Crippen LogP contribution < -0.4 is 11.5 Å². The highest BCUT2D eigenvalue weighted by Gasteiger charge is 2.35. The fraction of sp³-hybridized carbons (Fsp3) is 0.300. The molecule has 0 unspecified atom stereocenters. The normalized spacial score (nSPS) is 11.7. The largest absolute Gasteiger partial charge is 0.463 e. The number of esters is 2. The van der Waals surface area contributed by atoms with E-state index in [9.17, 15) is 9.59 Å². The summed E-state index contributed by atoms with van der Waals surface area (Å²) in [6.07, 6.45) is 0.414. The van der Waals surface area contributed by atoms with Gasteiger partial charge in [-0.25, -0.2) is 9.59 Å². The number of hydrogen-bond donors (Lipinski definition) is 2. The van der Waals surface area contributed by atoms with E-state index in [1.165, 1.54) is 0 Å². The van der Waals surface area contributed by atoms with Crippen LogP contribution in [0, 0.1) is 0 Å². The van der Waals surface area contributed by atoms with Crippen molar-refractivity contribution in [3.8, 4) is 0 Å². The van der Waals surface area contributed by atoms with Gasteiger partial charge in [-0.2, -0.15) is 0 Å². The molecule has 29 heavy (non-hydrogen) atoms. The van der Waals surface area contributed by atoms with E-state index in [1.807, 2.05) is 26.2 Å². The minimum Gasteiger partial charge on any atom is -0.463 e. The average Bonchev–Trinajstić information content (AvgIpc) is 2.65. The molecule has 0 aliphatic heterocycles. The lowest BCUT2D eigenvalue weighted by Crippen LogP contribution is -2.51. The molecule has 0 radical (unpaired) electrons. The Bertz CT molecular complexity index is 781. The van der Waals surface area contributed by atoms with Crippen LogP contribution in [0.1, 0.15) is 20.7 Å². The molecule has 0 heterocycles. The highest BCUT2D eigenvalue weighted by molar-refractivity contribution is 6.84. The summed E-state index contributed by atoms with van der Waals surface area (Å²) < 4.78 is 17.2. The number of rotatable bonds is 8. The van der Waals surface area contributed by atoms with Crippen LogP contribution in [0.15, 0.2) is 48.5 Å². The molecule has 0 fully saturated rings. The Morgan fingerprint density at radius 1 is 0.690 bits per heavy atom. The molecule has 0 saturated heterocycles. The quantitative estimate of drug-likeness (QED) is 0.373. The van der Waals surface area contributed by atoms with Gasteiger partial charge in [0, 0.05) is 11.4 Å². The van der Waals surface area contributed by atoms with Crippen molar-refractivity contribution in [3.05, 3.63) is 59.7 Å². The Labute approximate surface area is 173 Å². The van der Waals surface area contributed by atoms with E-state index >= 15 is 0 Å². The monoisotopic (exact) mass is 432 g/mol. The van der Waals surface area contributed by atoms with E-state index in [2.05, 4.69) is 0 Å². The third-order valence-electron chi connectivity index (χ3n) is 3.95. The summed E-state index contributed by atoms with van der Waals surface area (Å²) in [6.45, 7) is 7.89. The third kappa shape index (κ3) is 7.37. The summed E-state index contributed by atoms with van der Waals surface area (Å²) in [5.41, 5.74) is 13.3. The van der Waals surface area contributed by atoms with Crippen LogP contribution in [0.4, 0.5) is 11.4 Å². The fourth-order valence-corrected chi connectivity index (χ4v) is 10.1. The van der Waals surface area contributed by atoms with Crippen LogP contribution in [0.3, 0.4) is 0 Å². The van der Waals surface area contributed by atoms with Crippen LogP contribution in [-0.2, 0) is 13.6 Å². The third-order valence-corrected chi connectivity index (χ3v) is 10.0. The zero-order chi connectivity index (χ0) is 21.7. The van der Waals surface area contributed by atoms with Crippen LogP contribution in [0.25, 0.3) is 0 Å². The molecule has 0 spiro atoms. The van der Waals surface area contributed by atoms with Gasteiger partial charge in [0.1, 0.15) is 12.5 Å². The topological polar surface area (TPSA) is 114 Å². The van der Waals surface area contributed by atoms with E-state index in [0.29, 0.717) is 22.5 Å². The number of anilines is 2. The van der Waals surface area contributed by atoms with Crippen molar-refractivity contribution in [2.75, 3.05) is 23.9 Å². The number of ether oxygens (including phenoxy) is 2. The molecule has 0 atom stereocenters. The van der Waals surface area contributed by atoms with Gasteiger partial charge in [0.05, 0.1) is 11.1 Å². The van der Waals surface area contributed by atoms with Gasteiger partial charge in [-0.15, -0.1) is 0 Å². The lowest BCUT2D eigenvalue weighted by Gasteiger charge is -2.33. The molecule has 4 N–H and O–H groups in total. The second-order valence-electron chi connectivity index (χ2n) is 8.02. The maximum Gasteiger partial charge on any atom is 0.337 e. The molecule has 7 nitrogen and oxygen atoms in total. The van der Waals surface area contributed by atoms with Gasteiger partial charge >= 0.3 is 11.9 Å². The predicted molar refractivity (Wildman–Crippen MR) is 118 cm³/mol. The van der Waals surface area contributed by atoms with Crippen molar-refractivity contribution in [2.24, 2.45) is 0 Å². The van der Waals surface area contributed by atoms with Crippen molar-refractivity contribution in [1.29, 1.82) is 0 Å². The van der Waals surface area contributed by atoms with Crippen LogP contribution in [0.5, 0.6) is 0 Å². The fourth-order valence-electron chi connectivity index (χ4n) is 2.69. The first-order chi connectivity index (χ1) is 13.5. The molecule has 2 rings (SSSR count). The number of benzene rings is 2. The van der Waals surface area contributed by atoms with E-state index in [1.54, 1.807) is 48.5 Å². The Kier molecular flexibility index (Phi) is 7.23. The molecular weight excluding hydrogens is 404 g/mol. The van der Waals surface area contributed by atoms with Crippen molar-refractivity contribution < 1.29 is 23.2 Å². The zero-order valence-electron chi connectivity index (χ0n) is 17.2. The van der Waals surface area contributed by atoms with Crippen LogP contribution >= 0.6 is 0 Å². The smallest absolute Gasteiger partial charge is 0.337 e. The maximum atomic E-state index is 12.2. The Morgan fingerprint density at radius 2 is 1.00 bits per heavy atom. The first-order valence-electron chi connectivity index (χ1n) is 9.23. The molecule has 0 aliphatic carbocycles. The minimum absolute atomic E-state index is 0.207. The molecule has 0 saturated carbocycles. The number of carbonyl (C=O) groups excluding carboxylic acids is 2. The summed E-state index contributed by atoms with van der Waals surface area (Å²) in [6, 6.07) is 13.1. The summed E-state index contributed by atoms with van der Waals surface area (Å²) in [7, 11) is -4.64. The first kappa shape index (κ1) is 22.7. The molecule has 156 valence electrons. The summed E-state index contributed by atoms with van der Waals surface area (Å²) in [5, 5.41) is 0. The highest BCUT2D eigenvalue weighted by Crippen LogP contribution is 2.17. The van der Waals surface area contributed by atoms with Crippen molar-refractivity contribution >= 4 is 39.9 Å². The molecule has 0 aliphatic rings. The SMILES string of the molecule is C[Si](C)(COC(=O)c1ccc(N)cc1)O[Si](C)(C)COC(=O)c1ccc(N)cc1. The predicted octanol–water partition coefficient (Wildman–Crippen LogP) is 3.37. The van der Waals surface area contributed by atoms with Crippen molar-refractivity contribution in [1.82, 2.24) is 0 Å². The van der Waals surface area contributed by atoms with Gasteiger partial charge < -0.3 is 25.1 Å². The van der Waals surface area contributed by atoms with Gasteiger partial charge in [0.15, 0.2) is 0 Å². The Morgan fingerprint density at radius 3 is 1.31 bits per heavy atom. The van der Waals surface area contributed by atoms with Crippen molar-refractivity contribution in [3.63, 3.8) is 0 Å². The van der Waals surface area contributed by atoms with E-state index in [4.69, 9.17) is 25.1 Å². The summed E-state index contributed by atoms with van der Waals surface area (Å²) in [4.78, 5) is 24.4. The molecule has 2 aromatic rings. The van der Waals surface area contributed by atoms with Crippen LogP contribution in [0.2, 0.25) is 26.2 Å². The van der Waals surface area contributed by atoms with Crippen LogP contribution in [-0.4, -0.2) is 41.0 Å². The van der Waals surface area contributed by atoms with Gasteiger partial charge in [-0.3, -0.25) is 0 Å². The second-order valence-corrected chi connectivity index (χ2v) is 16.5. The first-order valence-corrected chi connectivity index (χ1v) is 15.5. The highest BCUT2D eigenvalue weighted by atomic mass is 28.4. The van der Waals surface area contributed by atoms with E-state index < -0.39 is 28.6 Å². The van der Waals surface area contributed by atoms with Gasteiger partial charge in [0.2, 0.25) is 16.6 Å². The Hall–Kier alpha value is -2.63. The van der Waals surface area contributed by atoms with Gasteiger partial charge in [-0.05, 0) is 74.7 Å². The number of nitrogen functional groups attached to an aromatic ring is 2. The molecule has 0 amide bonds. The minimum atomic E-state index is -2.32.